The molecule has 1 fully saturated rings. The predicted molar refractivity (Wildman–Crippen MR) is 76.1 cm³/mol. The van der Waals surface area contributed by atoms with Crippen LogP contribution in [0.2, 0.25) is 0 Å². The average Bonchev–Trinajstić information content (AvgIpc) is 2.69. The summed E-state index contributed by atoms with van der Waals surface area (Å²) in [6, 6.07) is 1.40. The molecule has 1 aromatic heterocycles. The molecule has 6 nitrogen and oxygen atoms in total. The molecular formula is C14H21N3O3. The Balaban J connectivity index is 2.03. The highest BCUT2D eigenvalue weighted by molar-refractivity contribution is 5.99. The molecule has 1 aromatic rings. The van der Waals surface area contributed by atoms with Crippen molar-refractivity contribution in [2.75, 3.05) is 18.4 Å². The first-order valence-electron chi connectivity index (χ1n) is 7.00. The monoisotopic (exact) mass is 279 g/mol. The number of H-pyrrole nitrogens is 1. The summed E-state index contributed by atoms with van der Waals surface area (Å²) in [4.78, 5) is 27.8. The van der Waals surface area contributed by atoms with Crippen molar-refractivity contribution in [3.05, 3.63) is 17.5 Å². The second-order valence-corrected chi connectivity index (χ2v) is 5.31. The van der Waals surface area contributed by atoms with Gasteiger partial charge in [0.05, 0.1) is 5.69 Å². The highest BCUT2D eigenvalue weighted by atomic mass is 16.4. The number of aryl methyl sites for hydroxylation is 1. The molecule has 1 saturated carbocycles. The van der Waals surface area contributed by atoms with E-state index >= 15 is 0 Å². The molecule has 3 N–H and O–H groups in total. The van der Waals surface area contributed by atoms with E-state index in [0.717, 1.165) is 6.54 Å². The zero-order chi connectivity index (χ0) is 14.7. The van der Waals surface area contributed by atoms with Gasteiger partial charge in [0.15, 0.2) is 0 Å². The number of carboxylic acid groups (broad SMARTS) is 1. The number of urea groups is 1. The Hall–Kier alpha value is -1.98. The number of aromatic nitrogens is 1. The first kappa shape index (κ1) is 14.4. The maximum atomic E-state index is 12.2. The van der Waals surface area contributed by atoms with Gasteiger partial charge >= 0.3 is 12.0 Å². The smallest absolute Gasteiger partial charge is 0.354 e. The Morgan fingerprint density at radius 3 is 2.70 bits per heavy atom. The third kappa shape index (κ3) is 3.12. The van der Waals surface area contributed by atoms with E-state index in [-0.39, 0.29) is 11.7 Å². The van der Waals surface area contributed by atoms with Crippen molar-refractivity contribution < 1.29 is 14.7 Å². The van der Waals surface area contributed by atoms with Crippen molar-refractivity contribution in [3.8, 4) is 0 Å². The Labute approximate surface area is 118 Å². The van der Waals surface area contributed by atoms with Crippen molar-refractivity contribution in [2.24, 2.45) is 5.92 Å². The van der Waals surface area contributed by atoms with Crippen LogP contribution in [0.3, 0.4) is 0 Å². The summed E-state index contributed by atoms with van der Waals surface area (Å²) in [5.74, 6) is -0.483. The number of carbonyl (C=O) groups excluding carboxylic acids is 1. The number of hydrogen-bond donors (Lipinski definition) is 3. The fourth-order valence-electron chi connectivity index (χ4n) is 2.39. The van der Waals surface area contributed by atoms with Gasteiger partial charge < -0.3 is 20.3 Å². The van der Waals surface area contributed by atoms with Gasteiger partial charge in [-0.3, -0.25) is 0 Å². The van der Waals surface area contributed by atoms with Gasteiger partial charge in [-0.25, -0.2) is 9.59 Å². The summed E-state index contributed by atoms with van der Waals surface area (Å²) in [5.41, 5.74) is 1.06. The average molecular weight is 279 g/mol. The summed E-state index contributed by atoms with van der Waals surface area (Å²) in [5, 5.41) is 11.8. The molecule has 0 atom stereocenters. The molecule has 0 unspecified atom stereocenters. The molecule has 6 heteroatoms. The highest BCUT2D eigenvalue weighted by Crippen LogP contribution is 2.27. The molecule has 110 valence electrons. The van der Waals surface area contributed by atoms with Crippen LogP contribution >= 0.6 is 0 Å². The van der Waals surface area contributed by atoms with Gasteiger partial charge in [-0.05, 0) is 38.7 Å². The number of aromatic carboxylic acids is 1. The van der Waals surface area contributed by atoms with Crippen LogP contribution in [-0.4, -0.2) is 40.1 Å². The van der Waals surface area contributed by atoms with E-state index in [1.54, 1.807) is 17.9 Å². The van der Waals surface area contributed by atoms with Crippen LogP contribution in [0.25, 0.3) is 0 Å². The van der Waals surface area contributed by atoms with E-state index in [9.17, 15) is 9.59 Å². The molecule has 1 aliphatic carbocycles. The molecule has 20 heavy (non-hydrogen) atoms. The zero-order valence-electron chi connectivity index (χ0n) is 11.9. The third-order valence-corrected chi connectivity index (χ3v) is 3.78. The largest absolute Gasteiger partial charge is 0.477 e. The first-order valence-corrected chi connectivity index (χ1v) is 7.00. The van der Waals surface area contributed by atoms with Crippen LogP contribution in [0.1, 0.15) is 42.4 Å². The molecule has 1 heterocycles. The Bertz CT molecular complexity index is 506. The number of rotatable bonds is 5. The van der Waals surface area contributed by atoms with Gasteiger partial charge in [0.2, 0.25) is 0 Å². The highest BCUT2D eigenvalue weighted by Gasteiger charge is 2.24. The molecule has 0 aliphatic heterocycles. The van der Waals surface area contributed by atoms with Crippen molar-refractivity contribution in [1.82, 2.24) is 9.88 Å². The van der Waals surface area contributed by atoms with Crippen LogP contribution in [0, 0.1) is 12.8 Å². The number of nitrogens with one attached hydrogen (secondary N) is 2. The van der Waals surface area contributed by atoms with Crippen LogP contribution in [0.4, 0.5) is 10.5 Å². The normalized spacial score (nSPS) is 14.7. The maximum Gasteiger partial charge on any atom is 0.354 e. The summed E-state index contributed by atoms with van der Waals surface area (Å²) < 4.78 is 0. The Morgan fingerprint density at radius 2 is 2.20 bits per heavy atom. The van der Waals surface area contributed by atoms with Crippen molar-refractivity contribution >= 4 is 17.7 Å². The number of carbonyl (C=O) groups is 2. The summed E-state index contributed by atoms with van der Waals surface area (Å²) in [6.45, 7) is 5.05. The van der Waals surface area contributed by atoms with Crippen LogP contribution < -0.4 is 5.32 Å². The predicted octanol–water partition coefficient (Wildman–Crippen LogP) is 2.68. The molecule has 0 bridgehead atoms. The van der Waals surface area contributed by atoms with Gasteiger partial charge in [-0.2, -0.15) is 0 Å². The van der Waals surface area contributed by atoms with Crippen molar-refractivity contribution in [2.45, 2.75) is 33.1 Å². The molecule has 2 rings (SSSR count). The lowest BCUT2D eigenvalue weighted by atomic mass is 9.85. The topological polar surface area (TPSA) is 85.4 Å². The van der Waals surface area contributed by atoms with Gasteiger partial charge in [0.1, 0.15) is 5.69 Å². The van der Waals surface area contributed by atoms with E-state index in [1.165, 1.54) is 19.3 Å². The lowest BCUT2D eigenvalue weighted by Crippen LogP contribution is -2.40. The quantitative estimate of drug-likeness (QED) is 0.774. The van der Waals surface area contributed by atoms with Gasteiger partial charge in [0, 0.05) is 18.8 Å². The summed E-state index contributed by atoms with van der Waals surface area (Å²) in [7, 11) is 0. The van der Waals surface area contributed by atoms with Crippen LogP contribution in [0.5, 0.6) is 0 Å². The van der Waals surface area contributed by atoms with E-state index in [2.05, 4.69) is 10.3 Å². The molecule has 0 aromatic carbocycles. The third-order valence-electron chi connectivity index (χ3n) is 3.78. The Kier molecular flexibility index (Phi) is 4.32. The number of carboxylic acids is 1. The van der Waals surface area contributed by atoms with Crippen molar-refractivity contribution in [1.29, 1.82) is 0 Å². The minimum absolute atomic E-state index is 0.0237. The summed E-state index contributed by atoms with van der Waals surface area (Å²) >= 11 is 0. The van der Waals surface area contributed by atoms with Crippen LogP contribution in [0.15, 0.2) is 6.07 Å². The fourth-order valence-corrected chi connectivity index (χ4v) is 2.39. The molecule has 0 saturated heterocycles. The Morgan fingerprint density at radius 1 is 1.50 bits per heavy atom. The first-order chi connectivity index (χ1) is 9.51. The number of aromatic amines is 1. The van der Waals surface area contributed by atoms with E-state index in [4.69, 9.17) is 5.11 Å². The molecule has 2 amide bonds. The fraction of sp³-hybridized carbons (Fsp3) is 0.571. The molecule has 0 spiro atoms. The van der Waals surface area contributed by atoms with Gasteiger partial charge in [-0.1, -0.05) is 6.42 Å². The van der Waals surface area contributed by atoms with Gasteiger partial charge in [-0.15, -0.1) is 0 Å². The minimum atomic E-state index is -1.07. The second kappa shape index (κ2) is 5.98. The zero-order valence-corrected chi connectivity index (χ0v) is 11.9. The molecule has 1 aliphatic rings. The second-order valence-electron chi connectivity index (χ2n) is 5.31. The standard InChI is InChI=1S/C14H21N3O3/c1-3-17(8-10-5-4-6-10)14(20)16-11-7-9(2)15-12(11)13(18)19/h7,10,15H,3-6,8H2,1-2H3,(H,16,20)(H,18,19). The summed E-state index contributed by atoms with van der Waals surface area (Å²) in [6.07, 6.45) is 3.59. The van der Waals surface area contributed by atoms with Crippen LogP contribution in [-0.2, 0) is 0 Å². The maximum absolute atomic E-state index is 12.2. The molecule has 0 radical (unpaired) electrons. The van der Waals surface area contributed by atoms with Gasteiger partial charge in [0.25, 0.3) is 0 Å². The van der Waals surface area contributed by atoms with E-state index in [1.807, 2.05) is 6.92 Å². The van der Waals surface area contributed by atoms with Crippen molar-refractivity contribution in [3.63, 3.8) is 0 Å². The molecular weight excluding hydrogens is 258 g/mol. The number of amides is 2. The number of anilines is 1. The number of nitrogens with zero attached hydrogens (tertiary/aromatic N) is 1. The minimum Gasteiger partial charge on any atom is -0.477 e. The SMILES string of the molecule is CCN(CC1CCC1)C(=O)Nc1cc(C)[nH]c1C(=O)O. The lowest BCUT2D eigenvalue weighted by molar-refractivity contribution is 0.0692. The van der Waals surface area contributed by atoms with E-state index in [0.29, 0.717) is 23.8 Å². The lowest BCUT2D eigenvalue weighted by Gasteiger charge is -2.31. The van der Waals surface area contributed by atoms with E-state index < -0.39 is 5.97 Å². The number of hydrogen-bond acceptors (Lipinski definition) is 2.